The molecule has 0 saturated carbocycles. The molecule has 0 fully saturated rings. The van der Waals surface area contributed by atoms with Crippen LogP contribution in [0.5, 0.6) is 5.88 Å². The molecule has 3 heterocycles. The second-order valence-corrected chi connectivity index (χ2v) is 6.39. The molecule has 21 heavy (non-hydrogen) atoms. The Balaban J connectivity index is 2.04. The van der Waals surface area contributed by atoms with Gasteiger partial charge in [0.1, 0.15) is 11.5 Å². The Bertz CT molecular complexity index is 768. The van der Waals surface area contributed by atoms with Gasteiger partial charge in [-0.2, -0.15) is 4.98 Å². The molecular formula is C15H15ClN4O. The summed E-state index contributed by atoms with van der Waals surface area (Å²) in [5.41, 5.74) is 2.06. The van der Waals surface area contributed by atoms with Gasteiger partial charge >= 0.3 is 0 Å². The molecule has 0 saturated heterocycles. The number of nitrogens with one attached hydrogen (secondary N) is 1. The van der Waals surface area contributed by atoms with Gasteiger partial charge in [0, 0.05) is 29.0 Å². The summed E-state index contributed by atoms with van der Waals surface area (Å²) in [5, 5.41) is 10.5. The van der Waals surface area contributed by atoms with Gasteiger partial charge in [0.2, 0.25) is 5.88 Å². The van der Waals surface area contributed by atoms with Gasteiger partial charge in [-0.15, -0.1) is 0 Å². The van der Waals surface area contributed by atoms with Gasteiger partial charge in [0.25, 0.3) is 0 Å². The third-order valence-corrected chi connectivity index (χ3v) is 3.40. The number of imidazole rings is 1. The van der Waals surface area contributed by atoms with E-state index >= 15 is 0 Å². The number of allylic oxidation sites excluding steroid dienone is 1. The molecule has 0 bridgehead atoms. The number of aromatic nitrogens is 3. The molecule has 2 aromatic heterocycles. The lowest BCUT2D eigenvalue weighted by Gasteiger charge is -2.13. The van der Waals surface area contributed by atoms with Crippen LogP contribution in [0.25, 0.3) is 11.6 Å². The highest BCUT2D eigenvalue weighted by atomic mass is 35.5. The van der Waals surface area contributed by atoms with Gasteiger partial charge in [-0.3, -0.25) is 0 Å². The number of aliphatic imine (C=N–C) groups is 1. The van der Waals surface area contributed by atoms with Gasteiger partial charge in [-0.25, -0.2) is 9.98 Å². The molecule has 0 aliphatic carbocycles. The second kappa shape index (κ2) is 4.70. The Labute approximate surface area is 127 Å². The Hall–Kier alpha value is -2.14. The minimum atomic E-state index is -0.166. The number of hydrogen-bond donors (Lipinski definition) is 2. The van der Waals surface area contributed by atoms with Crippen molar-refractivity contribution in [3.05, 3.63) is 34.4 Å². The SMILES string of the molecule is CC(C)(C)c1nc(O)c(C=C2C=Nc3ncc(Cl)cc32)[nH]1. The van der Waals surface area contributed by atoms with E-state index in [1.54, 1.807) is 24.6 Å². The molecule has 3 rings (SSSR count). The lowest BCUT2D eigenvalue weighted by molar-refractivity contribution is 0.449. The van der Waals surface area contributed by atoms with Crippen LogP contribution in [0.1, 0.15) is 37.9 Å². The summed E-state index contributed by atoms with van der Waals surface area (Å²) in [4.78, 5) is 15.7. The molecule has 0 aromatic carbocycles. The fourth-order valence-electron chi connectivity index (χ4n) is 2.05. The topological polar surface area (TPSA) is 74.2 Å². The number of rotatable bonds is 1. The fraction of sp³-hybridized carbons (Fsp3) is 0.267. The van der Waals surface area contributed by atoms with E-state index in [1.807, 2.05) is 20.8 Å². The molecule has 0 radical (unpaired) electrons. The summed E-state index contributed by atoms with van der Waals surface area (Å²) in [5.74, 6) is 1.33. The smallest absolute Gasteiger partial charge is 0.237 e. The van der Waals surface area contributed by atoms with E-state index < -0.39 is 0 Å². The maximum atomic E-state index is 9.98. The van der Waals surface area contributed by atoms with Gasteiger partial charge in [0.15, 0.2) is 5.82 Å². The van der Waals surface area contributed by atoms with Crippen LogP contribution in [0.2, 0.25) is 5.02 Å². The number of halogens is 1. The molecular weight excluding hydrogens is 288 g/mol. The van der Waals surface area contributed by atoms with E-state index in [0.717, 1.165) is 17.0 Å². The van der Waals surface area contributed by atoms with Crippen LogP contribution in [-0.4, -0.2) is 26.3 Å². The number of H-pyrrole nitrogens is 1. The van der Waals surface area contributed by atoms with Crippen molar-refractivity contribution in [1.82, 2.24) is 15.0 Å². The van der Waals surface area contributed by atoms with E-state index in [2.05, 4.69) is 19.9 Å². The van der Waals surface area contributed by atoms with Gasteiger partial charge in [0.05, 0.1) is 5.02 Å². The Kier molecular flexibility index (Phi) is 3.10. The molecule has 2 aromatic rings. The molecule has 0 spiro atoms. The zero-order chi connectivity index (χ0) is 15.2. The minimum absolute atomic E-state index is 0.0238. The van der Waals surface area contributed by atoms with Crippen molar-refractivity contribution in [2.24, 2.45) is 4.99 Å². The number of fused-ring (bicyclic) bond motifs is 1. The predicted octanol–water partition coefficient (Wildman–Crippen LogP) is 3.72. The largest absolute Gasteiger partial charge is 0.492 e. The highest BCUT2D eigenvalue weighted by molar-refractivity contribution is 6.31. The highest BCUT2D eigenvalue weighted by Crippen LogP contribution is 2.34. The third kappa shape index (κ3) is 2.56. The molecule has 0 atom stereocenters. The molecule has 2 N–H and O–H groups in total. The lowest BCUT2D eigenvalue weighted by Crippen LogP contribution is -2.13. The van der Waals surface area contributed by atoms with Gasteiger partial charge < -0.3 is 10.1 Å². The summed E-state index contributed by atoms with van der Waals surface area (Å²) in [6.45, 7) is 6.08. The van der Waals surface area contributed by atoms with Crippen LogP contribution in [0.3, 0.4) is 0 Å². The number of aromatic amines is 1. The predicted molar refractivity (Wildman–Crippen MR) is 84.2 cm³/mol. The van der Waals surface area contributed by atoms with Crippen LogP contribution < -0.4 is 0 Å². The molecule has 0 unspecified atom stereocenters. The van der Waals surface area contributed by atoms with Crippen molar-refractivity contribution in [2.75, 3.05) is 0 Å². The zero-order valence-corrected chi connectivity index (χ0v) is 12.7. The molecule has 1 aliphatic heterocycles. The fourth-order valence-corrected chi connectivity index (χ4v) is 2.21. The normalized spacial score (nSPS) is 15.7. The summed E-state index contributed by atoms with van der Waals surface area (Å²) < 4.78 is 0. The summed E-state index contributed by atoms with van der Waals surface area (Å²) in [7, 11) is 0. The minimum Gasteiger partial charge on any atom is -0.492 e. The summed E-state index contributed by atoms with van der Waals surface area (Å²) in [6, 6.07) is 1.81. The van der Waals surface area contributed by atoms with E-state index in [-0.39, 0.29) is 11.3 Å². The number of nitrogens with zero attached hydrogens (tertiary/aromatic N) is 3. The van der Waals surface area contributed by atoms with E-state index in [0.29, 0.717) is 16.5 Å². The third-order valence-electron chi connectivity index (χ3n) is 3.19. The van der Waals surface area contributed by atoms with E-state index in [9.17, 15) is 5.11 Å². The maximum Gasteiger partial charge on any atom is 0.237 e. The molecule has 5 nitrogen and oxygen atoms in total. The highest BCUT2D eigenvalue weighted by Gasteiger charge is 2.21. The maximum absolute atomic E-state index is 9.98. The van der Waals surface area contributed by atoms with Crippen LogP contribution in [0.15, 0.2) is 17.3 Å². The quantitative estimate of drug-likeness (QED) is 0.843. The second-order valence-electron chi connectivity index (χ2n) is 5.96. The van der Waals surface area contributed by atoms with Crippen molar-refractivity contribution in [3.63, 3.8) is 0 Å². The van der Waals surface area contributed by atoms with Crippen molar-refractivity contribution < 1.29 is 5.11 Å². The van der Waals surface area contributed by atoms with Gasteiger partial charge in [-0.1, -0.05) is 32.4 Å². The lowest BCUT2D eigenvalue weighted by atomic mass is 9.96. The zero-order valence-electron chi connectivity index (χ0n) is 12.0. The molecule has 6 heteroatoms. The molecule has 108 valence electrons. The van der Waals surface area contributed by atoms with Crippen LogP contribution in [0.4, 0.5) is 5.82 Å². The molecule has 1 aliphatic rings. The van der Waals surface area contributed by atoms with Crippen LogP contribution >= 0.6 is 11.6 Å². The van der Waals surface area contributed by atoms with E-state index in [4.69, 9.17) is 11.6 Å². The van der Waals surface area contributed by atoms with Crippen molar-refractivity contribution in [1.29, 1.82) is 0 Å². The number of hydrogen-bond acceptors (Lipinski definition) is 4. The first kappa shape index (κ1) is 13.8. The average Bonchev–Trinajstić information content (AvgIpc) is 2.95. The molecule has 0 amide bonds. The summed E-state index contributed by atoms with van der Waals surface area (Å²) >= 11 is 5.97. The van der Waals surface area contributed by atoms with Crippen LogP contribution in [0, 0.1) is 0 Å². The Morgan fingerprint density at radius 3 is 2.76 bits per heavy atom. The standard InChI is InChI=1S/C15H15ClN4O/c1-15(2,3)14-19-11(13(21)20-14)4-8-6-17-12-10(8)5-9(16)7-18-12/h4-7,21H,1-3H3,(H,19,20). The number of pyridine rings is 1. The summed E-state index contributed by atoms with van der Waals surface area (Å²) in [6.07, 6.45) is 5.06. The first-order chi connectivity index (χ1) is 9.84. The van der Waals surface area contributed by atoms with E-state index in [1.165, 1.54) is 0 Å². The van der Waals surface area contributed by atoms with Crippen molar-refractivity contribution in [3.8, 4) is 5.88 Å². The first-order valence-electron chi connectivity index (χ1n) is 6.56. The average molecular weight is 303 g/mol. The number of aromatic hydroxyl groups is 1. The first-order valence-corrected chi connectivity index (χ1v) is 6.93. The van der Waals surface area contributed by atoms with Gasteiger partial charge in [-0.05, 0) is 12.1 Å². The Morgan fingerprint density at radius 2 is 2.10 bits per heavy atom. The Morgan fingerprint density at radius 1 is 1.33 bits per heavy atom. The van der Waals surface area contributed by atoms with Crippen molar-refractivity contribution in [2.45, 2.75) is 26.2 Å². The van der Waals surface area contributed by atoms with Crippen molar-refractivity contribution >= 4 is 35.3 Å². The van der Waals surface area contributed by atoms with Crippen LogP contribution in [-0.2, 0) is 5.41 Å². The monoisotopic (exact) mass is 302 g/mol.